The molecule has 0 radical (unpaired) electrons. The minimum Gasteiger partial charge on any atom is -0.466 e. The Morgan fingerprint density at radius 1 is 0.926 bits per heavy atom. The summed E-state index contributed by atoms with van der Waals surface area (Å²) in [7, 11) is 0. The van der Waals surface area contributed by atoms with Crippen molar-refractivity contribution in [1.82, 2.24) is 0 Å². The highest BCUT2D eigenvalue weighted by molar-refractivity contribution is 5.70. The maximum atomic E-state index is 12.0. The van der Waals surface area contributed by atoms with Gasteiger partial charge in [-0.2, -0.15) is 0 Å². The molecule has 1 unspecified atom stereocenters. The van der Waals surface area contributed by atoms with Crippen molar-refractivity contribution in [1.29, 1.82) is 0 Å². The van der Waals surface area contributed by atoms with Crippen LogP contribution in [0.3, 0.4) is 0 Å². The first kappa shape index (κ1) is 20.8. The molecule has 5 nitrogen and oxygen atoms in total. The Bertz CT molecular complexity index is 665. The topological polar surface area (TPSA) is 65.0 Å². The van der Waals surface area contributed by atoms with E-state index in [4.69, 9.17) is 14.2 Å². The Hall–Kier alpha value is -2.53. The van der Waals surface area contributed by atoms with Gasteiger partial charge < -0.3 is 19.3 Å². The average molecular weight is 372 g/mol. The van der Waals surface area contributed by atoms with E-state index < -0.39 is 23.3 Å². The Labute approximate surface area is 160 Å². The number of para-hydroxylation sites is 2. The van der Waals surface area contributed by atoms with E-state index in [2.05, 4.69) is 0 Å². The molecule has 0 amide bonds. The van der Waals surface area contributed by atoms with E-state index in [1.807, 2.05) is 57.2 Å². The van der Waals surface area contributed by atoms with Crippen molar-refractivity contribution >= 4 is 5.97 Å². The van der Waals surface area contributed by atoms with E-state index in [1.54, 1.807) is 31.2 Å². The molecule has 0 spiro atoms. The quantitative estimate of drug-likeness (QED) is 0.556. The maximum absolute atomic E-state index is 12.0. The highest BCUT2D eigenvalue weighted by Crippen LogP contribution is 2.40. The van der Waals surface area contributed by atoms with Crippen molar-refractivity contribution in [2.45, 2.75) is 46.0 Å². The third kappa shape index (κ3) is 5.23. The molecule has 146 valence electrons. The normalized spacial score (nSPS) is 12.9. The van der Waals surface area contributed by atoms with Crippen LogP contribution in [0.2, 0.25) is 0 Å². The van der Waals surface area contributed by atoms with Crippen LogP contribution in [-0.4, -0.2) is 29.6 Å². The third-order valence-corrected chi connectivity index (χ3v) is 4.17. The first-order valence-corrected chi connectivity index (χ1v) is 9.10. The van der Waals surface area contributed by atoms with Crippen LogP contribution in [0.4, 0.5) is 0 Å². The molecule has 0 aliphatic carbocycles. The molecule has 0 aromatic heterocycles. The predicted octanol–water partition coefficient (Wildman–Crippen LogP) is 4.20. The zero-order valence-corrected chi connectivity index (χ0v) is 16.3. The van der Waals surface area contributed by atoms with Gasteiger partial charge in [-0.25, -0.2) is 0 Å². The third-order valence-electron chi connectivity index (χ3n) is 4.17. The van der Waals surface area contributed by atoms with Crippen molar-refractivity contribution in [3.63, 3.8) is 0 Å². The van der Waals surface area contributed by atoms with Gasteiger partial charge in [-0.05, 0) is 31.2 Å². The summed E-state index contributed by atoms with van der Waals surface area (Å²) in [6.07, 6.45) is -1.50. The first-order valence-electron chi connectivity index (χ1n) is 9.10. The molecular formula is C22H28O5. The molecule has 2 rings (SSSR count). The number of hydrogen-bond acceptors (Lipinski definition) is 5. The summed E-state index contributed by atoms with van der Waals surface area (Å²) in [6, 6.07) is 18.2. The van der Waals surface area contributed by atoms with Gasteiger partial charge in [0.1, 0.15) is 17.6 Å². The highest BCUT2D eigenvalue weighted by Gasteiger charge is 2.54. The Balaban J connectivity index is 2.46. The smallest absolute Gasteiger partial charge is 0.308 e. The minimum absolute atomic E-state index is 0.243. The number of aliphatic hydroxyl groups is 1. The SMILES string of the molecule is CCOC(=O)CC(O)C(Oc1ccccc1)(Oc1ccccc1)C(C)(C)C. The van der Waals surface area contributed by atoms with Gasteiger partial charge in [-0.3, -0.25) is 4.79 Å². The van der Waals surface area contributed by atoms with Gasteiger partial charge in [0, 0.05) is 5.41 Å². The molecule has 0 saturated carbocycles. The van der Waals surface area contributed by atoms with Crippen molar-refractivity contribution in [3.05, 3.63) is 60.7 Å². The molecule has 0 aliphatic heterocycles. The molecule has 0 saturated heterocycles. The largest absolute Gasteiger partial charge is 0.466 e. The summed E-state index contributed by atoms with van der Waals surface area (Å²) in [5.41, 5.74) is -0.676. The summed E-state index contributed by atoms with van der Waals surface area (Å²) in [6.45, 7) is 7.66. The fourth-order valence-electron chi connectivity index (χ4n) is 2.80. The summed E-state index contributed by atoms with van der Waals surface area (Å²) < 4.78 is 17.5. The second kappa shape index (κ2) is 8.91. The number of hydrogen-bond donors (Lipinski definition) is 1. The molecule has 2 aromatic rings. The lowest BCUT2D eigenvalue weighted by atomic mass is 9.80. The van der Waals surface area contributed by atoms with Gasteiger partial charge in [-0.1, -0.05) is 57.2 Å². The van der Waals surface area contributed by atoms with Crippen LogP contribution in [0, 0.1) is 5.41 Å². The fourth-order valence-corrected chi connectivity index (χ4v) is 2.80. The predicted molar refractivity (Wildman–Crippen MR) is 104 cm³/mol. The fraction of sp³-hybridized carbons (Fsp3) is 0.409. The molecule has 27 heavy (non-hydrogen) atoms. The van der Waals surface area contributed by atoms with Crippen LogP contribution in [0.5, 0.6) is 11.5 Å². The van der Waals surface area contributed by atoms with Crippen LogP contribution in [0.15, 0.2) is 60.7 Å². The lowest BCUT2D eigenvalue weighted by Crippen LogP contribution is -2.62. The van der Waals surface area contributed by atoms with E-state index in [-0.39, 0.29) is 13.0 Å². The molecule has 0 heterocycles. The van der Waals surface area contributed by atoms with E-state index in [0.717, 1.165) is 0 Å². The van der Waals surface area contributed by atoms with Crippen molar-refractivity contribution in [2.75, 3.05) is 6.61 Å². The van der Waals surface area contributed by atoms with Crippen LogP contribution >= 0.6 is 0 Å². The summed E-state index contributed by atoms with van der Waals surface area (Å²) in [5.74, 6) is -0.952. The Morgan fingerprint density at radius 2 is 1.37 bits per heavy atom. The molecule has 1 atom stereocenters. The summed E-state index contributed by atoms with van der Waals surface area (Å²) >= 11 is 0. The van der Waals surface area contributed by atoms with E-state index in [0.29, 0.717) is 11.5 Å². The van der Waals surface area contributed by atoms with Gasteiger partial charge in [0.05, 0.1) is 13.0 Å². The summed E-state index contributed by atoms with van der Waals surface area (Å²) in [4.78, 5) is 12.0. The van der Waals surface area contributed by atoms with Crippen LogP contribution < -0.4 is 9.47 Å². The molecule has 1 N–H and O–H groups in total. The van der Waals surface area contributed by atoms with Crippen molar-refractivity contribution in [3.8, 4) is 11.5 Å². The Morgan fingerprint density at radius 3 is 1.74 bits per heavy atom. The lowest BCUT2D eigenvalue weighted by molar-refractivity contribution is -0.245. The molecule has 2 aromatic carbocycles. The minimum atomic E-state index is -1.51. The van der Waals surface area contributed by atoms with E-state index in [9.17, 15) is 9.90 Å². The second-order valence-electron chi connectivity index (χ2n) is 7.27. The lowest BCUT2D eigenvalue weighted by Gasteiger charge is -2.46. The van der Waals surface area contributed by atoms with Crippen LogP contribution in [0.25, 0.3) is 0 Å². The van der Waals surface area contributed by atoms with E-state index in [1.165, 1.54) is 0 Å². The van der Waals surface area contributed by atoms with Crippen LogP contribution in [0.1, 0.15) is 34.1 Å². The molecule has 0 bridgehead atoms. The van der Waals surface area contributed by atoms with Gasteiger partial charge in [0.25, 0.3) is 5.79 Å². The monoisotopic (exact) mass is 372 g/mol. The number of esters is 1. The maximum Gasteiger partial charge on any atom is 0.308 e. The number of rotatable bonds is 8. The summed E-state index contributed by atoms with van der Waals surface area (Å²) in [5, 5.41) is 11.1. The molecule has 5 heteroatoms. The average Bonchev–Trinajstić information content (AvgIpc) is 2.62. The van der Waals surface area contributed by atoms with Gasteiger partial charge in [0.15, 0.2) is 0 Å². The van der Waals surface area contributed by atoms with Crippen LogP contribution in [-0.2, 0) is 9.53 Å². The van der Waals surface area contributed by atoms with Gasteiger partial charge in [-0.15, -0.1) is 0 Å². The second-order valence-corrected chi connectivity index (χ2v) is 7.27. The zero-order chi connectivity index (χ0) is 19.9. The van der Waals surface area contributed by atoms with Crippen molar-refractivity contribution in [2.24, 2.45) is 5.41 Å². The van der Waals surface area contributed by atoms with Crippen molar-refractivity contribution < 1.29 is 24.1 Å². The number of carbonyl (C=O) groups excluding carboxylic acids is 1. The number of aliphatic hydroxyl groups excluding tert-OH is 1. The highest BCUT2D eigenvalue weighted by atomic mass is 16.7. The standard InChI is InChI=1S/C22H28O5/c1-5-25-20(24)16-19(23)22(21(2,3)4,26-17-12-8-6-9-13-17)27-18-14-10-7-11-15-18/h6-15,19,23H,5,16H2,1-4H3. The molecular weight excluding hydrogens is 344 g/mol. The molecule has 0 aliphatic rings. The number of benzene rings is 2. The Kier molecular flexibility index (Phi) is 6.86. The molecule has 0 fully saturated rings. The number of carbonyl (C=O) groups is 1. The zero-order valence-electron chi connectivity index (χ0n) is 16.3. The van der Waals surface area contributed by atoms with Gasteiger partial charge in [0.2, 0.25) is 0 Å². The first-order chi connectivity index (χ1) is 12.8. The number of ether oxygens (including phenoxy) is 3. The van der Waals surface area contributed by atoms with Gasteiger partial charge >= 0.3 is 5.97 Å². The van der Waals surface area contributed by atoms with E-state index >= 15 is 0 Å².